The zero-order valence-electron chi connectivity index (χ0n) is 21.6. The van der Waals surface area contributed by atoms with Gasteiger partial charge < -0.3 is 25.0 Å². The van der Waals surface area contributed by atoms with E-state index in [-0.39, 0.29) is 48.7 Å². The summed E-state index contributed by atoms with van der Waals surface area (Å²) in [6, 6.07) is 19.7. The summed E-state index contributed by atoms with van der Waals surface area (Å²) in [4.78, 5) is 40.2. The van der Waals surface area contributed by atoms with Crippen molar-refractivity contribution in [1.29, 1.82) is 0 Å². The molecule has 3 aromatic carbocycles. The summed E-state index contributed by atoms with van der Waals surface area (Å²) in [5, 5.41) is 5.65. The molecule has 0 radical (unpaired) electrons. The highest BCUT2D eigenvalue weighted by Crippen LogP contribution is 2.32. The van der Waals surface area contributed by atoms with Gasteiger partial charge in [0.2, 0.25) is 5.91 Å². The third-order valence-electron chi connectivity index (χ3n) is 7.10. The molecule has 0 aromatic heterocycles. The van der Waals surface area contributed by atoms with Crippen LogP contribution in [0.3, 0.4) is 0 Å². The molecule has 1 fully saturated rings. The lowest BCUT2D eigenvalue weighted by Gasteiger charge is -2.42. The lowest BCUT2D eigenvalue weighted by Crippen LogP contribution is -2.53. The second-order valence-electron chi connectivity index (χ2n) is 9.81. The molecular formula is C30H30FN3O5. The third-order valence-corrected chi connectivity index (χ3v) is 7.10. The van der Waals surface area contributed by atoms with Crippen molar-refractivity contribution in [3.63, 3.8) is 0 Å². The summed E-state index contributed by atoms with van der Waals surface area (Å²) in [5.74, 6) is -0.965. The van der Waals surface area contributed by atoms with E-state index < -0.39 is 11.7 Å². The lowest BCUT2D eigenvalue weighted by atomic mass is 9.94. The molecule has 0 aliphatic carbocycles. The fourth-order valence-electron chi connectivity index (χ4n) is 5.01. The lowest BCUT2D eigenvalue weighted by molar-refractivity contribution is -0.134. The number of anilines is 1. The molecule has 3 aromatic rings. The number of rotatable bonds is 6. The first-order valence-corrected chi connectivity index (χ1v) is 12.9. The van der Waals surface area contributed by atoms with Gasteiger partial charge in [0.05, 0.1) is 24.1 Å². The SMILES string of the molecule is CN1C(=O)c2cc(NC(=O)c3cccc(F)c3)ccc2OC[C@@H]2O[C@H](CC(=O)NCc3ccccc3)CC[C@@H]21. The number of amides is 3. The van der Waals surface area contributed by atoms with E-state index in [0.717, 1.165) is 11.6 Å². The number of likely N-dealkylation sites (N-methyl/N-ethyl adjacent to an activating group) is 1. The first-order chi connectivity index (χ1) is 18.9. The Labute approximate surface area is 226 Å². The zero-order chi connectivity index (χ0) is 27.4. The topological polar surface area (TPSA) is 97.0 Å². The number of benzene rings is 3. The van der Waals surface area contributed by atoms with Crippen LogP contribution >= 0.6 is 0 Å². The van der Waals surface area contributed by atoms with Gasteiger partial charge in [-0.1, -0.05) is 36.4 Å². The van der Waals surface area contributed by atoms with Crippen LogP contribution in [0.5, 0.6) is 5.75 Å². The summed E-state index contributed by atoms with van der Waals surface area (Å²) in [5.41, 5.74) is 1.91. The third kappa shape index (κ3) is 6.26. The van der Waals surface area contributed by atoms with Gasteiger partial charge in [0, 0.05) is 24.8 Å². The van der Waals surface area contributed by atoms with Gasteiger partial charge in [-0.3, -0.25) is 14.4 Å². The molecule has 2 N–H and O–H groups in total. The van der Waals surface area contributed by atoms with E-state index in [0.29, 0.717) is 36.4 Å². The van der Waals surface area contributed by atoms with Crippen LogP contribution < -0.4 is 15.4 Å². The molecule has 2 aliphatic rings. The molecule has 2 aliphatic heterocycles. The first kappa shape index (κ1) is 26.4. The molecule has 3 amide bonds. The molecule has 8 nitrogen and oxygen atoms in total. The van der Waals surface area contributed by atoms with E-state index >= 15 is 0 Å². The Balaban J connectivity index is 1.23. The van der Waals surface area contributed by atoms with E-state index in [1.807, 2.05) is 30.3 Å². The van der Waals surface area contributed by atoms with E-state index in [1.165, 1.54) is 18.2 Å². The van der Waals surface area contributed by atoms with Crippen molar-refractivity contribution in [2.75, 3.05) is 19.0 Å². The van der Waals surface area contributed by atoms with Crippen LogP contribution in [0.2, 0.25) is 0 Å². The quantitative estimate of drug-likeness (QED) is 0.498. The minimum absolute atomic E-state index is 0.0864. The monoisotopic (exact) mass is 531 g/mol. The summed E-state index contributed by atoms with van der Waals surface area (Å²) >= 11 is 0. The van der Waals surface area contributed by atoms with Gasteiger partial charge in [-0.25, -0.2) is 4.39 Å². The fraction of sp³-hybridized carbons (Fsp3) is 0.300. The predicted octanol–water partition coefficient (Wildman–Crippen LogP) is 4.17. The van der Waals surface area contributed by atoms with Gasteiger partial charge in [-0.2, -0.15) is 0 Å². The molecule has 202 valence electrons. The Morgan fingerprint density at radius 2 is 1.85 bits per heavy atom. The van der Waals surface area contributed by atoms with Crippen LogP contribution in [0, 0.1) is 5.82 Å². The highest BCUT2D eigenvalue weighted by Gasteiger charge is 2.39. The Morgan fingerprint density at radius 3 is 2.64 bits per heavy atom. The van der Waals surface area contributed by atoms with E-state index in [2.05, 4.69) is 10.6 Å². The van der Waals surface area contributed by atoms with E-state index in [1.54, 1.807) is 30.1 Å². The maximum atomic E-state index is 13.5. The number of halogens is 1. The number of fused-ring (bicyclic) bond motifs is 2. The van der Waals surface area contributed by atoms with Crippen molar-refractivity contribution in [2.45, 2.75) is 44.1 Å². The number of carbonyl (C=O) groups is 3. The van der Waals surface area contributed by atoms with Crippen LogP contribution in [-0.2, 0) is 16.1 Å². The van der Waals surface area contributed by atoms with Gasteiger partial charge in [0.1, 0.15) is 24.3 Å². The second-order valence-corrected chi connectivity index (χ2v) is 9.81. The second kappa shape index (κ2) is 11.7. The Hall–Kier alpha value is -4.24. The Morgan fingerprint density at radius 1 is 1.03 bits per heavy atom. The molecule has 3 atom stereocenters. The van der Waals surface area contributed by atoms with Crippen LogP contribution in [-0.4, -0.2) is 54.5 Å². The smallest absolute Gasteiger partial charge is 0.257 e. The molecular weight excluding hydrogens is 501 g/mol. The number of carbonyl (C=O) groups excluding carboxylic acids is 3. The molecule has 5 rings (SSSR count). The van der Waals surface area contributed by atoms with Crippen LogP contribution in [0.25, 0.3) is 0 Å². The minimum atomic E-state index is -0.509. The zero-order valence-corrected chi connectivity index (χ0v) is 21.6. The normalized spacial score (nSPS) is 20.5. The molecule has 0 saturated carbocycles. The Kier molecular flexibility index (Phi) is 7.88. The predicted molar refractivity (Wildman–Crippen MR) is 143 cm³/mol. The standard InChI is InChI=1S/C30H30FN3O5/c1-34-25-12-11-23(16-28(35)32-17-19-6-3-2-4-7-19)39-27(25)18-38-26-13-10-22(15-24(26)30(34)37)33-29(36)20-8-5-9-21(31)14-20/h2-10,13-15,23,25,27H,11-12,16-18H2,1H3,(H,32,35)(H,33,36)/t23-,25-,27-/m0/s1. The Bertz CT molecular complexity index is 1370. The number of hydrogen-bond acceptors (Lipinski definition) is 5. The molecule has 39 heavy (non-hydrogen) atoms. The number of ether oxygens (including phenoxy) is 2. The first-order valence-electron chi connectivity index (χ1n) is 12.9. The van der Waals surface area contributed by atoms with Crippen molar-refractivity contribution in [3.05, 3.63) is 95.3 Å². The van der Waals surface area contributed by atoms with Gasteiger partial charge in [0.15, 0.2) is 0 Å². The molecule has 9 heteroatoms. The highest BCUT2D eigenvalue weighted by molar-refractivity contribution is 6.05. The number of nitrogens with zero attached hydrogens (tertiary/aromatic N) is 1. The average molecular weight is 532 g/mol. The largest absolute Gasteiger partial charge is 0.490 e. The maximum Gasteiger partial charge on any atom is 0.257 e. The van der Waals surface area contributed by atoms with E-state index in [9.17, 15) is 18.8 Å². The molecule has 0 spiro atoms. The summed E-state index contributed by atoms with van der Waals surface area (Å²) in [6.45, 7) is 0.673. The van der Waals surface area contributed by atoms with Crippen molar-refractivity contribution >= 4 is 23.4 Å². The van der Waals surface area contributed by atoms with Crippen molar-refractivity contribution in [2.24, 2.45) is 0 Å². The summed E-state index contributed by atoms with van der Waals surface area (Å²) in [7, 11) is 1.73. The highest BCUT2D eigenvalue weighted by atomic mass is 19.1. The average Bonchev–Trinajstić information content (AvgIpc) is 2.94. The van der Waals surface area contributed by atoms with Crippen LogP contribution in [0.4, 0.5) is 10.1 Å². The van der Waals surface area contributed by atoms with Crippen molar-refractivity contribution in [3.8, 4) is 5.75 Å². The van der Waals surface area contributed by atoms with Gasteiger partial charge in [0.25, 0.3) is 11.8 Å². The van der Waals surface area contributed by atoms with Gasteiger partial charge in [-0.05, 0) is 54.8 Å². The molecule has 1 saturated heterocycles. The van der Waals surface area contributed by atoms with Crippen LogP contribution in [0.15, 0.2) is 72.8 Å². The van der Waals surface area contributed by atoms with Gasteiger partial charge >= 0.3 is 0 Å². The van der Waals surface area contributed by atoms with Crippen molar-refractivity contribution < 1.29 is 28.2 Å². The van der Waals surface area contributed by atoms with Gasteiger partial charge in [-0.15, -0.1) is 0 Å². The van der Waals surface area contributed by atoms with E-state index in [4.69, 9.17) is 9.47 Å². The number of nitrogens with one attached hydrogen (secondary N) is 2. The van der Waals surface area contributed by atoms with Crippen molar-refractivity contribution in [1.82, 2.24) is 10.2 Å². The summed E-state index contributed by atoms with van der Waals surface area (Å²) < 4.78 is 25.8. The molecule has 0 bridgehead atoms. The van der Waals surface area contributed by atoms with Crippen LogP contribution in [0.1, 0.15) is 45.5 Å². The minimum Gasteiger partial charge on any atom is -0.490 e. The molecule has 0 unspecified atom stereocenters. The number of hydrogen-bond donors (Lipinski definition) is 2. The fourth-order valence-corrected chi connectivity index (χ4v) is 5.01. The summed E-state index contributed by atoms with van der Waals surface area (Å²) in [6.07, 6.45) is 0.874. The molecule has 2 heterocycles. The maximum absolute atomic E-state index is 13.5.